The molecule has 0 saturated carbocycles. The first kappa shape index (κ1) is 7.21. The summed E-state index contributed by atoms with van der Waals surface area (Å²) < 4.78 is 0. The minimum absolute atomic E-state index is 0.185. The number of likely N-dealkylation sites (N-methyl/N-ethyl adjacent to an activating group) is 1. The Labute approximate surface area is 58.4 Å². The second kappa shape index (κ2) is 2.38. The molecule has 1 atom stereocenters. The zero-order valence-electron chi connectivity index (χ0n) is 5.70. The number of carbonyl (C=O) groups excluding carboxylic acids is 1. The maximum atomic E-state index is 10.8. The second-order valence-electron chi connectivity index (χ2n) is 2.55. The van der Waals surface area contributed by atoms with E-state index in [0.29, 0.717) is 6.54 Å². The van der Waals surface area contributed by atoms with Crippen molar-refractivity contribution in [3.05, 3.63) is 0 Å². The molecule has 0 amide bonds. The first-order valence-electron chi connectivity index (χ1n) is 3.05. The van der Waals surface area contributed by atoms with E-state index in [9.17, 15) is 9.59 Å². The number of ketones is 1. The van der Waals surface area contributed by atoms with E-state index in [-0.39, 0.29) is 12.3 Å². The summed E-state index contributed by atoms with van der Waals surface area (Å²) in [5.74, 6) is -1.98. The monoisotopic (exact) mass is 143 g/mol. The number of carboxylic acid groups (broad SMARTS) is 1. The van der Waals surface area contributed by atoms with Gasteiger partial charge in [-0.05, 0) is 7.05 Å². The predicted molar refractivity (Wildman–Crippen MR) is 33.6 cm³/mol. The highest BCUT2D eigenvalue weighted by atomic mass is 16.4. The zero-order chi connectivity index (χ0) is 7.72. The maximum Gasteiger partial charge on any atom is 0.315 e. The summed E-state index contributed by atoms with van der Waals surface area (Å²) >= 11 is 0. The van der Waals surface area contributed by atoms with Gasteiger partial charge in [0.2, 0.25) is 0 Å². The van der Waals surface area contributed by atoms with Crippen LogP contribution in [0.15, 0.2) is 0 Å². The van der Waals surface area contributed by atoms with Gasteiger partial charge in [-0.25, -0.2) is 0 Å². The van der Waals surface area contributed by atoms with Gasteiger partial charge in [-0.1, -0.05) is 0 Å². The number of hydrogen-bond donors (Lipinski definition) is 1. The molecule has 1 fully saturated rings. The van der Waals surface area contributed by atoms with Crippen LogP contribution in [0.5, 0.6) is 0 Å². The van der Waals surface area contributed by atoms with Gasteiger partial charge in [0, 0.05) is 6.54 Å². The Balaban J connectivity index is 2.63. The summed E-state index contributed by atoms with van der Waals surface area (Å²) in [6.45, 7) is 0.630. The highest BCUT2D eigenvalue weighted by Gasteiger charge is 2.33. The zero-order valence-corrected chi connectivity index (χ0v) is 5.70. The third-order valence-electron chi connectivity index (χ3n) is 1.61. The second-order valence-corrected chi connectivity index (χ2v) is 2.55. The van der Waals surface area contributed by atoms with Gasteiger partial charge in [0.1, 0.15) is 5.92 Å². The molecule has 1 heterocycles. The van der Waals surface area contributed by atoms with Crippen molar-refractivity contribution in [1.82, 2.24) is 4.90 Å². The van der Waals surface area contributed by atoms with Crippen LogP contribution >= 0.6 is 0 Å². The molecule has 0 aromatic carbocycles. The number of nitrogens with zero attached hydrogens (tertiary/aromatic N) is 1. The van der Waals surface area contributed by atoms with E-state index in [1.54, 1.807) is 11.9 Å². The number of aliphatic carboxylic acids is 1. The Morgan fingerprint density at radius 1 is 1.80 bits per heavy atom. The van der Waals surface area contributed by atoms with Crippen molar-refractivity contribution in [1.29, 1.82) is 0 Å². The van der Waals surface area contributed by atoms with Crippen molar-refractivity contribution in [2.24, 2.45) is 5.92 Å². The molecule has 0 spiro atoms. The highest BCUT2D eigenvalue weighted by Crippen LogP contribution is 2.09. The Hall–Kier alpha value is -0.900. The summed E-state index contributed by atoms with van der Waals surface area (Å²) in [7, 11) is 1.74. The molecule has 1 N–H and O–H groups in total. The first-order valence-corrected chi connectivity index (χ1v) is 3.05. The molecule has 1 unspecified atom stereocenters. The molecular formula is C6H9NO3. The lowest BCUT2D eigenvalue weighted by Gasteiger charge is -2.02. The van der Waals surface area contributed by atoms with E-state index < -0.39 is 11.9 Å². The van der Waals surface area contributed by atoms with Gasteiger partial charge in [0.05, 0.1) is 6.54 Å². The van der Waals surface area contributed by atoms with Crippen LogP contribution in [-0.2, 0) is 9.59 Å². The van der Waals surface area contributed by atoms with Crippen LogP contribution in [0.25, 0.3) is 0 Å². The van der Waals surface area contributed by atoms with Crippen LogP contribution in [0.1, 0.15) is 0 Å². The number of likely N-dealkylation sites (tertiary alicyclic amines) is 1. The van der Waals surface area contributed by atoms with Gasteiger partial charge >= 0.3 is 5.97 Å². The van der Waals surface area contributed by atoms with E-state index in [0.717, 1.165) is 0 Å². The van der Waals surface area contributed by atoms with Crippen molar-refractivity contribution in [2.75, 3.05) is 20.1 Å². The number of hydrogen-bond acceptors (Lipinski definition) is 3. The molecule has 0 radical (unpaired) electrons. The Bertz CT molecular complexity index is 178. The minimum atomic E-state index is -1.01. The fourth-order valence-corrected chi connectivity index (χ4v) is 1.07. The molecular weight excluding hydrogens is 134 g/mol. The van der Waals surface area contributed by atoms with Crippen molar-refractivity contribution < 1.29 is 14.7 Å². The third kappa shape index (κ3) is 1.16. The average Bonchev–Trinajstić information content (AvgIpc) is 2.10. The normalized spacial score (nSPS) is 27.3. The molecule has 0 aliphatic carbocycles. The average molecular weight is 143 g/mol. The van der Waals surface area contributed by atoms with Crippen molar-refractivity contribution in [2.45, 2.75) is 0 Å². The lowest BCUT2D eigenvalue weighted by atomic mass is 10.1. The number of carbonyl (C=O) groups is 2. The topological polar surface area (TPSA) is 57.6 Å². The number of rotatable bonds is 1. The van der Waals surface area contributed by atoms with Crippen molar-refractivity contribution in [3.63, 3.8) is 0 Å². The van der Waals surface area contributed by atoms with Crippen molar-refractivity contribution >= 4 is 11.8 Å². The molecule has 1 aliphatic rings. The molecule has 1 rings (SSSR count). The smallest absolute Gasteiger partial charge is 0.315 e. The van der Waals surface area contributed by atoms with Gasteiger partial charge in [-0.15, -0.1) is 0 Å². The largest absolute Gasteiger partial charge is 0.481 e. The molecule has 1 aliphatic heterocycles. The Morgan fingerprint density at radius 2 is 2.40 bits per heavy atom. The van der Waals surface area contributed by atoms with Crippen LogP contribution in [0.3, 0.4) is 0 Å². The summed E-state index contributed by atoms with van der Waals surface area (Å²) in [4.78, 5) is 22.8. The SMILES string of the molecule is CN1CC(=O)C(C(=O)O)C1. The fraction of sp³-hybridized carbons (Fsp3) is 0.667. The molecule has 1 saturated heterocycles. The number of carboxylic acids is 1. The van der Waals surface area contributed by atoms with E-state index in [2.05, 4.69) is 0 Å². The summed E-state index contributed by atoms with van der Waals surface area (Å²) in [5.41, 5.74) is 0. The van der Waals surface area contributed by atoms with Gasteiger partial charge in [0.15, 0.2) is 5.78 Å². The van der Waals surface area contributed by atoms with Crippen LogP contribution < -0.4 is 0 Å². The van der Waals surface area contributed by atoms with Gasteiger partial charge < -0.3 is 5.11 Å². The molecule has 0 aromatic heterocycles. The standard InChI is InChI=1S/C6H9NO3/c1-7-2-4(6(9)10)5(8)3-7/h4H,2-3H2,1H3,(H,9,10). The van der Waals surface area contributed by atoms with E-state index in [1.807, 2.05) is 0 Å². The molecule has 56 valence electrons. The third-order valence-corrected chi connectivity index (χ3v) is 1.61. The van der Waals surface area contributed by atoms with Crippen LogP contribution in [0.2, 0.25) is 0 Å². The lowest BCUT2D eigenvalue weighted by Crippen LogP contribution is -2.21. The van der Waals surface area contributed by atoms with E-state index in [1.165, 1.54) is 0 Å². The van der Waals surface area contributed by atoms with Gasteiger partial charge in [0.25, 0.3) is 0 Å². The maximum absolute atomic E-state index is 10.8. The van der Waals surface area contributed by atoms with Crippen LogP contribution in [-0.4, -0.2) is 41.9 Å². The van der Waals surface area contributed by atoms with E-state index >= 15 is 0 Å². The molecule has 4 nitrogen and oxygen atoms in total. The van der Waals surface area contributed by atoms with Crippen molar-refractivity contribution in [3.8, 4) is 0 Å². The van der Waals surface area contributed by atoms with Crippen LogP contribution in [0, 0.1) is 5.92 Å². The quantitative estimate of drug-likeness (QED) is 0.488. The minimum Gasteiger partial charge on any atom is -0.481 e. The highest BCUT2D eigenvalue weighted by molar-refractivity contribution is 6.01. The number of Topliss-reactive ketones (excluding diaryl/α,β-unsaturated/α-hetero) is 1. The molecule has 0 bridgehead atoms. The van der Waals surface area contributed by atoms with Crippen LogP contribution in [0.4, 0.5) is 0 Å². The summed E-state index contributed by atoms with van der Waals surface area (Å²) in [6.07, 6.45) is 0. The van der Waals surface area contributed by atoms with Gasteiger partial charge in [-0.3, -0.25) is 14.5 Å². The van der Waals surface area contributed by atoms with E-state index in [4.69, 9.17) is 5.11 Å². The van der Waals surface area contributed by atoms with Gasteiger partial charge in [-0.2, -0.15) is 0 Å². The Morgan fingerprint density at radius 3 is 2.60 bits per heavy atom. The fourth-order valence-electron chi connectivity index (χ4n) is 1.07. The molecule has 10 heavy (non-hydrogen) atoms. The first-order chi connectivity index (χ1) is 4.61. The Kier molecular flexibility index (Phi) is 1.72. The summed E-state index contributed by atoms with van der Waals surface area (Å²) in [6, 6.07) is 0. The molecule has 0 aromatic rings. The predicted octanol–water partition coefficient (Wildman–Crippen LogP) is -0.798. The lowest BCUT2D eigenvalue weighted by molar-refractivity contribution is -0.144. The summed E-state index contributed by atoms with van der Waals surface area (Å²) in [5, 5.41) is 8.45. The molecule has 4 heteroatoms.